The molecule has 116 valence electrons. The average Bonchev–Trinajstić information content (AvgIpc) is 2.47. The van der Waals surface area contributed by atoms with E-state index in [4.69, 9.17) is 16.3 Å². The summed E-state index contributed by atoms with van der Waals surface area (Å²) in [7, 11) is 1.59. The fraction of sp³-hybridized carbons (Fsp3) is 0.250. The number of methoxy groups -OCH3 is 1. The van der Waals surface area contributed by atoms with E-state index in [2.05, 4.69) is 15.6 Å². The second kappa shape index (κ2) is 7.13. The Morgan fingerprint density at radius 1 is 1.27 bits per heavy atom. The van der Waals surface area contributed by atoms with Gasteiger partial charge in [-0.2, -0.15) is 0 Å². The second-order valence-corrected chi connectivity index (χ2v) is 5.46. The first kappa shape index (κ1) is 16.1. The molecule has 2 aromatic rings. The van der Waals surface area contributed by atoms with Crippen molar-refractivity contribution in [2.45, 2.75) is 19.9 Å². The number of nitrogens with one attached hydrogen (secondary N) is 2. The number of hydrogen-bond donors (Lipinski definition) is 2. The van der Waals surface area contributed by atoms with Gasteiger partial charge in [-0.05, 0) is 44.2 Å². The highest BCUT2D eigenvalue weighted by molar-refractivity contribution is 6.31. The van der Waals surface area contributed by atoms with Crippen molar-refractivity contribution < 1.29 is 9.53 Å². The van der Waals surface area contributed by atoms with Crippen LogP contribution in [0, 0.1) is 0 Å². The third-order valence-electron chi connectivity index (χ3n) is 2.85. The summed E-state index contributed by atoms with van der Waals surface area (Å²) in [4.78, 5) is 16.1. The van der Waals surface area contributed by atoms with Gasteiger partial charge in [0.15, 0.2) is 0 Å². The number of rotatable bonds is 5. The SMILES string of the molecule is COc1ccc(Cl)cc1Nc1ccnc(C(=O)NC(C)C)c1. The fourth-order valence-corrected chi connectivity index (χ4v) is 2.07. The van der Waals surface area contributed by atoms with Gasteiger partial charge < -0.3 is 15.4 Å². The van der Waals surface area contributed by atoms with E-state index in [0.29, 0.717) is 16.5 Å². The Bertz CT molecular complexity index is 674. The number of pyridine rings is 1. The molecule has 5 nitrogen and oxygen atoms in total. The maximum atomic E-state index is 12.0. The zero-order valence-corrected chi connectivity index (χ0v) is 13.4. The molecule has 0 bridgehead atoms. The molecule has 0 saturated carbocycles. The molecule has 0 atom stereocenters. The number of hydrogen-bond acceptors (Lipinski definition) is 4. The van der Waals surface area contributed by atoms with Crippen LogP contribution in [-0.4, -0.2) is 24.0 Å². The summed E-state index contributed by atoms with van der Waals surface area (Å²) in [6, 6.07) is 8.79. The molecule has 22 heavy (non-hydrogen) atoms. The van der Waals surface area contributed by atoms with E-state index in [1.54, 1.807) is 43.6 Å². The first-order valence-electron chi connectivity index (χ1n) is 6.87. The molecule has 0 radical (unpaired) electrons. The van der Waals surface area contributed by atoms with E-state index < -0.39 is 0 Å². The minimum Gasteiger partial charge on any atom is -0.495 e. The van der Waals surface area contributed by atoms with Crippen molar-refractivity contribution in [3.05, 3.63) is 47.2 Å². The van der Waals surface area contributed by atoms with Crippen molar-refractivity contribution in [3.8, 4) is 5.75 Å². The van der Waals surface area contributed by atoms with E-state index >= 15 is 0 Å². The molecule has 0 aliphatic carbocycles. The van der Waals surface area contributed by atoms with Crippen LogP contribution < -0.4 is 15.4 Å². The van der Waals surface area contributed by atoms with Crippen molar-refractivity contribution in [3.63, 3.8) is 0 Å². The van der Waals surface area contributed by atoms with Crippen LogP contribution in [0.3, 0.4) is 0 Å². The highest BCUT2D eigenvalue weighted by atomic mass is 35.5. The molecule has 0 saturated heterocycles. The van der Waals surface area contributed by atoms with Gasteiger partial charge in [0.05, 0.1) is 12.8 Å². The lowest BCUT2D eigenvalue weighted by atomic mass is 10.2. The fourth-order valence-electron chi connectivity index (χ4n) is 1.90. The highest BCUT2D eigenvalue weighted by Gasteiger charge is 2.10. The van der Waals surface area contributed by atoms with Gasteiger partial charge in [-0.1, -0.05) is 11.6 Å². The molecule has 1 amide bonds. The third kappa shape index (κ3) is 4.11. The lowest BCUT2D eigenvalue weighted by Crippen LogP contribution is -2.30. The third-order valence-corrected chi connectivity index (χ3v) is 3.09. The van der Waals surface area contributed by atoms with E-state index in [9.17, 15) is 4.79 Å². The number of amides is 1. The van der Waals surface area contributed by atoms with Crippen LogP contribution in [0.4, 0.5) is 11.4 Å². The predicted octanol–water partition coefficient (Wildman–Crippen LogP) is 3.63. The van der Waals surface area contributed by atoms with Crippen molar-refractivity contribution >= 4 is 28.9 Å². The Morgan fingerprint density at radius 3 is 2.73 bits per heavy atom. The van der Waals surface area contributed by atoms with E-state index in [0.717, 1.165) is 11.4 Å². The molecule has 1 heterocycles. The predicted molar refractivity (Wildman–Crippen MR) is 88.1 cm³/mol. The Labute approximate surface area is 134 Å². The summed E-state index contributed by atoms with van der Waals surface area (Å²) in [5.74, 6) is 0.450. The Morgan fingerprint density at radius 2 is 2.05 bits per heavy atom. The summed E-state index contributed by atoms with van der Waals surface area (Å²) in [5, 5.41) is 6.58. The minimum absolute atomic E-state index is 0.0546. The van der Waals surface area contributed by atoms with Gasteiger partial charge in [-0.3, -0.25) is 9.78 Å². The van der Waals surface area contributed by atoms with Gasteiger partial charge in [0.1, 0.15) is 11.4 Å². The second-order valence-electron chi connectivity index (χ2n) is 5.03. The molecule has 0 spiro atoms. The molecule has 0 fully saturated rings. The minimum atomic E-state index is -0.211. The maximum absolute atomic E-state index is 12.0. The zero-order valence-electron chi connectivity index (χ0n) is 12.7. The lowest BCUT2D eigenvalue weighted by molar-refractivity contribution is 0.0938. The average molecular weight is 320 g/mol. The van der Waals surface area contributed by atoms with Crippen molar-refractivity contribution in [2.24, 2.45) is 0 Å². The molecule has 0 unspecified atom stereocenters. The number of halogens is 1. The molecule has 1 aromatic heterocycles. The zero-order chi connectivity index (χ0) is 16.1. The van der Waals surface area contributed by atoms with Crippen LogP contribution in [0.15, 0.2) is 36.5 Å². The Hall–Kier alpha value is -2.27. The van der Waals surface area contributed by atoms with Crippen molar-refractivity contribution in [1.29, 1.82) is 0 Å². The van der Waals surface area contributed by atoms with Crippen LogP contribution in [-0.2, 0) is 0 Å². The van der Waals surface area contributed by atoms with Crippen molar-refractivity contribution in [2.75, 3.05) is 12.4 Å². The number of ether oxygens (including phenoxy) is 1. The maximum Gasteiger partial charge on any atom is 0.270 e. The summed E-state index contributed by atoms with van der Waals surface area (Å²) >= 11 is 6.01. The van der Waals surface area contributed by atoms with Crippen LogP contribution in [0.5, 0.6) is 5.75 Å². The summed E-state index contributed by atoms with van der Waals surface area (Å²) in [5.41, 5.74) is 1.79. The van der Waals surface area contributed by atoms with Gasteiger partial charge in [-0.15, -0.1) is 0 Å². The lowest BCUT2D eigenvalue weighted by Gasteiger charge is -2.13. The van der Waals surface area contributed by atoms with Crippen LogP contribution in [0.2, 0.25) is 5.02 Å². The standard InChI is InChI=1S/C16H18ClN3O2/c1-10(2)19-16(21)14-9-12(6-7-18-14)20-13-8-11(17)4-5-15(13)22-3/h4-10H,1-3H3,(H,18,20)(H,19,21). The van der Waals surface area contributed by atoms with Crippen LogP contribution in [0.25, 0.3) is 0 Å². The quantitative estimate of drug-likeness (QED) is 0.883. The number of benzene rings is 1. The molecule has 0 aliphatic rings. The van der Waals surface area contributed by atoms with Crippen LogP contribution >= 0.6 is 11.6 Å². The number of carbonyl (C=O) groups is 1. The number of aromatic nitrogens is 1. The Kier molecular flexibility index (Phi) is 5.22. The monoisotopic (exact) mass is 319 g/mol. The first-order valence-corrected chi connectivity index (χ1v) is 7.25. The number of nitrogens with zero attached hydrogens (tertiary/aromatic N) is 1. The van der Waals surface area contributed by atoms with Gasteiger partial charge in [0, 0.05) is 22.9 Å². The van der Waals surface area contributed by atoms with Crippen LogP contribution in [0.1, 0.15) is 24.3 Å². The molecule has 0 aliphatic heterocycles. The van der Waals surface area contributed by atoms with Gasteiger partial charge in [0.25, 0.3) is 5.91 Å². The molecular formula is C16H18ClN3O2. The van der Waals surface area contributed by atoms with Gasteiger partial charge in [-0.25, -0.2) is 0 Å². The molecule has 1 aromatic carbocycles. The summed E-state index contributed by atoms with van der Waals surface area (Å²) in [6.45, 7) is 3.80. The molecule has 6 heteroatoms. The summed E-state index contributed by atoms with van der Waals surface area (Å²) in [6.07, 6.45) is 1.58. The number of anilines is 2. The summed E-state index contributed by atoms with van der Waals surface area (Å²) < 4.78 is 5.29. The number of carbonyl (C=O) groups excluding carboxylic acids is 1. The Balaban J connectivity index is 2.24. The van der Waals surface area contributed by atoms with Gasteiger partial charge in [0.2, 0.25) is 0 Å². The van der Waals surface area contributed by atoms with E-state index in [-0.39, 0.29) is 11.9 Å². The highest BCUT2D eigenvalue weighted by Crippen LogP contribution is 2.30. The molecule has 2 N–H and O–H groups in total. The topological polar surface area (TPSA) is 63.2 Å². The molecular weight excluding hydrogens is 302 g/mol. The molecule has 2 rings (SSSR count). The largest absolute Gasteiger partial charge is 0.495 e. The van der Waals surface area contributed by atoms with Gasteiger partial charge >= 0.3 is 0 Å². The first-order chi connectivity index (χ1) is 10.5. The smallest absolute Gasteiger partial charge is 0.270 e. The van der Waals surface area contributed by atoms with Crippen molar-refractivity contribution in [1.82, 2.24) is 10.3 Å². The van der Waals surface area contributed by atoms with E-state index in [1.807, 2.05) is 13.8 Å². The normalized spacial score (nSPS) is 10.4. The van der Waals surface area contributed by atoms with E-state index in [1.165, 1.54) is 0 Å².